The zero-order valence-corrected chi connectivity index (χ0v) is 11.7. The number of rotatable bonds is 6. The second-order valence-electron chi connectivity index (χ2n) is 5.22. The van der Waals surface area contributed by atoms with Crippen LogP contribution >= 0.6 is 0 Å². The third-order valence-electron chi connectivity index (χ3n) is 3.64. The van der Waals surface area contributed by atoms with Gasteiger partial charge in [-0.05, 0) is 18.9 Å². The summed E-state index contributed by atoms with van der Waals surface area (Å²) in [6.07, 6.45) is 5.54. The highest BCUT2D eigenvalue weighted by Crippen LogP contribution is 2.38. The van der Waals surface area contributed by atoms with Gasteiger partial charge in [0.1, 0.15) is 6.10 Å². The van der Waals surface area contributed by atoms with E-state index in [0.29, 0.717) is 19.7 Å². The average Bonchev–Trinajstić information content (AvgIpc) is 3.07. The van der Waals surface area contributed by atoms with Crippen molar-refractivity contribution in [2.45, 2.75) is 44.0 Å². The monoisotopic (exact) mass is 282 g/mol. The van der Waals surface area contributed by atoms with Crippen molar-refractivity contribution in [3.8, 4) is 0 Å². The molecule has 2 amide bonds. The van der Waals surface area contributed by atoms with Gasteiger partial charge in [0.15, 0.2) is 5.79 Å². The SMILES string of the molecule is C=CC(=O)NCCC(=O)NCC1COC2(CCCC2)O1. The summed E-state index contributed by atoms with van der Waals surface area (Å²) in [4.78, 5) is 22.5. The second-order valence-corrected chi connectivity index (χ2v) is 5.22. The summed E-state index contributed by atoms with van der Waals surface area (Å²) in [6.45, 7) is 4.64. The molecule has 0 aromatic rings. The first-order valence-electron chi connectivity index (χ1n) is 7.12. The third kappa shape index (κ3) is 4.05. The third-order valence-corrected chi connectivity index (χ3v) is 3.64. The number of hydrogen-bond donors (Lipinski definition) is 2. The van der Waals surface area contributed by atoms with Crippen LogP contribution in [0.5, 0.6) is 0 Å². The number of carbonyl (C=O) groups excluding carboxylic acids is 2. The van der Waals surface area contributed by atoms with Crippen molar-refractivity contribution in [3.63, 3.8) is 0 Å². The Kier molecular flexibility index (Phi) is 5.14. The molecule has 6 nitrogen and oxygen atoms in total. The topological polar surface area (TPSA) is 76.7 Å². The van der Waals surface area contributed by atoms with Crippen molar-refractivity contribution >= 4 is 11.8 Å². The van der Waals surface area contributed by atoms with Gasteiger partial charge in [-0.3, -0.25) is 9.59 Å². The van der Waals surface area contributed by atoms with Crippen molar-refractivity contribution in [2.75, 3.05) is 19.7 Å². The molecular formula is C14H22N2O4. The summed E-state index contributed by atoms with van der Waals surface area (Å²) in [5, 5.41) is 5.36. The van der Waals surface area contributed by atoms with E-state index in [1.54, 1.807) is 0 Å². The molecule has 0 aromatic carbocycles. The quantitative estimate of drug-likeness (QED) is 0.695. The molecule has 1 unspecified atom stereocenters. The fourth-order valence-corrected chi connectivity index (χ4v) is 2.58. The fourth-order valence-electron chi connectivity index (χ4n) is 2.58. The molecule has 1 aliphatic carbocycles. The zero-order chi connectivity index (χ0) is 14.4. The standard InChI is InChI=1S/C14H22N2O4/c1-2-12(17)15-8-5-13(18)16-9-11-10-19-14(20-11)6-3-4-7-14/h2,11H,1,3-10H2,(H,15,17)(H,16,18). The lowest BCUT2D eigenvalue weighted by Gasteiger charge is -2.21. The van der Waals surface area contributed by atoms with Gasteiger partial charge in [-0.1, -0.05) is 6.58 Å². The maximum absolute atomic E-state index is 11.6. The van der Waals surface area contributed by atoms with E-state index < -0.39 is 0 Å². The minimum Gasteiger partial charge on any atom is -0.353 e. The summed E-state index contributed by atoms with van der Waals surface area (Å²) in [6, 6.07) is 0. The van der Waals surface area contributed by atoms with Crippen LogP contribution in [0.25, 0.3) is 0 Å². The van der Waals surface area contributed by atoms with E-state index in [0.717, 1.165) is 25.7 Å². The Hall–Kier alpha value is -1.40. The molecule has 0 radical (unpaired) electrons. The van der Waals surface area contributed by atoms with E-state index in [-0.39, 0.29) is 30.1 Å². The van der Waals surface area contributed by atoms with Gasteiger partial charge in [-0.25, -0.2) is 0 Å². The molecule has 20 heavy (non-hydrogen) atoms. The molecule has 1 spiro atoms. The van der Waals surface area contributed by atoms with Crippen LogP contribution in [0.1, 0.15) is 32.1 Å². The van der Waals surface area contributed by atoms with Gasteiger partial charge in [0, 0.05) is 32.4 Å². The van der Waals surface area contributed by atoms with E-state index in [2.05, 4.69) is 17.2 Å². The maximum Gasteiger partial charge on any atom is 0.243 e. The predicted octanol–water partition coefficient (Wildman–Crippen LogP) is 0.481. The van der Waals surface area contributed by atoms with E-state index in [9.17, 15) is 9.59 Å². The lowest BCUT2D eigenvalue weighted by Crippen LogP contribution is -2.36. The summed E-state index contributed by atoms with van der Waals surface area (Å²) in [5.41, 5.74) is 0. The molecule has 1 heterocycles. The Labute approximate surface area is 118 Å². The van der Waals surface area contributed by atoms with Crippen LogP contribution in [0.15, 0.2) is 12.7 Å². The molecule has 0 aromatic heterocycles. The normalized spacial score (nSPS) is 23.7. The molecule has 6 heteroatoms. The fraction of sp³-hybridized carbons (Fsp3) is 0.714. The van der Waals surface area contributed by atoms with Gasteiger partial charge in [-0.2, -0.15) is 0 Å². The largest absolute Gasteiger partial charge is 0.353 e. The van der Waals surface area contributed by atoms with E-state index in [1.807, 2.05) is 0 Å². The second kappa shape index (κ2) is 6.85. The van der Waals surface area contributed by atoms with E-state index in [1.165, 1.54) is 6.08 Å². The first kappa shape index (κ1) is 15.0. The number of nitrogens with one attached hydrogen (secondary N) is 2. The van der Waals surface area contributed by atoms with Crippen LogP contribution in [0.4, 0.5) is 0 Å². The minimum absolute atomic E-state index is 0.0696. The van der Waals surface area contributed by atoms with Gasteiger partial charge in [0.25, 0.3) is 0 Å². The predicted molar refractivity (Wildman–Crippen MR) is 72.9 cm³/mol. The van der Waals surface area contributed by atoms with E-state index in [4.69, 9.17) is 9.47 Å². The summed E-state index contributed by atoms with van der Waals surface area (Å²) >= 11 is 0. The molecule has 1 saturated carbocycles. The van der Waals surface area contributed by atoms with Crippen LogP contribution in [0, 0.1) is 0 Å². The molecule has 0 bridgehead atoms. The highest BCUT2D eigenvalue weighted by molar-refractivity contribution is 5.87. The van der Waals surface area contributed by atoms with Crippen LogP contribution < -0.4 is 10.6 Å². The van der Waals surface area contributed by atoms with Gasteiger partial charge >= 0.3 is 0 Å². The van der Waals surface area contributed by atoms with E-state index >= 15 is 0 Å². The molecule has 1 saturated heterocycles. The molecule has 2 rings (SSSR count). The van der Waals surface area contributed by atoms with Gasteiger partial charge in [0.2, 0.25) is 11.8 Å². The highest BCUT2D eigenvalue weighted by atomic mass is 16.7. The number of ether oxygens (including phenoxy) is 2. The Morgan fingerprint density at radius 3 is 2.75 bits per heavy atom. The zero-order valence-electron chi connectivity index (χ0n) is 11.7. The lowest BCUT2D eigenvalue weighted by molar-refractivity contribution is -0.161. The molecule has 1 aliphatic heterocycles. The van der Waals surface area contributed by atoms with Crippen LogP contribution in [-0.4, -0.2) is 43.4 Å². The highest BCUT2D eigenvalue weighted by Gasteiger charge is 2.43. The van der Waals surface area contributed by atoms with Crippen LogP contribution in [-0.2, 0) is 19.1 Å². The van der Waals surface area contributed by atoms with Crippen molar-refractivity contribution in [1.82, 2.24) is 10.6 Å². The van der Waals surface area contributed by atoms with Crippen LogP contribution in [0.3, 0.4) is 0 Å². The van der Waals surface area contributed by atoms with Crippen molar-refractivity contribution < 1.29 is 19.1 Å². The molecule has 112 valence electrons. The summed E-state index contributed by atoms with van der Waals surface area (Å²) < 4.78 is 11.6. The maximum atomic E-state index is 11.6. The average molecular weight is 282 g/mol. The smallest absolute Gasteiger partial charge is 0.243 e. The molecule has 2 fully saturated rings. The van der Waals surface area contributed by atoms with Crippen molar-refractivity contribution in [1.29, 1.82) is 0 Å². The number of amides is 2. The Morgan fingerprint density at radius 1 is 1.30 bits per heavy atom. The van der Waals surface area contributed by atoms with Crippen LogP contribution in [0.2, 0.25) is 0 Å². The van der Waals surface area contributed by atoms with Gasteiger partial charge < -0.3 is 20.1 Å². The van der Waals surface area contributed by atoms with Crippen molar-refractivity contribution in [3.05, 3.63) is 12.7 Å². The Bertz CT molecular complexity index is 377. The lowest BCUT2D eigenvalue weighted by atomic mass is 10.2. The molecule has 2 aliphatic rings. The molecule has 1 atom stereocenters. The van der Waals surface area contributed by atoms with Crippen molar-refractivity contribution in [2.24, 2.45) is 0 Å². The number of carbonyl (C=O) groups is 2. The number of hydrogen-bond acceptors (Lipinski definition) is 4. The molecule has 2 N–H and O–H groups in total. The minimum atomic E-state index is -0.382. The Balaban J connectivity index is 1.59. The molecular weight excluding hydrogens is 260 g/mol. The first-order valence-corrected chi connectivity index (χ1v) is 7.12. The summed E-state index contributed by atoms with van der Waals surface area (Å²) in [7, 11) is 0. The van der Waals surface area contributed by atoms with Gasteiger partial charge in [0.05, 0.1) is 6.61 Å². The van der Waals surface area contributed by atoms with Gasteiger partial charge in [-0.15, -0.1) is 0 Å². The summed E-state index contributed by atoms with van der Waals surface area (Å²) in [5.74, 6) is -0.758. The Morgan fingerprint density at radius 2 is 2.05 bits per heavy atom. The first-order chi connectivity index (χ1) is 9.63.